The van der Waals surface area contributed by atoms with E-state index in [0.29, 0.717) is 13.2 Å². The summed E-state index contributed by atoms with van der Waals surface area (Å²) < 4.78 is 5.59. The molecule has 1 aliphatic heterocycles. The van der Waals surface area contributed by atoms with E-state index in [0.717, 1.165) is 30.1 Å². The Morgan fingerprint density at radius 3 is 3.00 bits per heavy atom. The number of carbonyl (C=O) groups excluding carboxylic acids is 1. The maximum atomic E-state index is 11.7. The topological polar surface area (TPSA) is 53.6 Å². The number of nitrogens with one attached hydrogen (secondary N) is 2. The third-order valence-electron chi connectivity index (χ3n) is 2.66. The summed E-state index contributed by atoms with van der Waals surface area (Å²) in [6, 6.07) is 5.74. The highest BCUT2D eigenvalue weighted by atomic mass is 35.5. The average Bonchev–Trinajstić information content (AvgIpc) is 2.52. The van der Waals surface area contributed by atoms with Crippen molar-refractivity contribution in [1.29, 1.82) is 0 Å². The van der Waals surface area contributed by atoms with Gasteiger partial charge in [0.25, 0.3) is 0 Å². The maximum absolute atomic E-state index is 11.7. The van der Waals surface area contributed by atoms with Crippen molar-refractivity contribution in [3.8, 4) is 5.75 Å². The van der Waals surface area contributed by atoms with Crippen molar-refractivity contribution in [3.05, 3.63) is 23.8 Å². The fourth-order valence-corrected chi connectivity index (χ4v) is 1.88. The lowest BCUT2D eigenvalue weighted by atomic mass is 10.1. The summed E-state index contributed by atoms with van der Waals surface area (Å²) in [4.78, 5) is 13.5. The van der Waals surface area contributed by atoms with Gasteiger partial charge in [0.15, 0.2) is 0 Å². The summed E-state index contributed by atoms with van der Waals surface area (Å²) in [6.07, 6.45) is 0. The number of rotatable bonds is 3. The molecular formula is C13H20ClN3O2. The van der Waals surface area contributed by atoms with E-state index in [9.17, 15) is 4.79 Å². The predicted molar refractivity (Wildman–Crippen MR) is 78.1 cm³/mol. The molecule has 0 fully saturated rings. The van der Waals surface area contributed by atoms with E-state index in [4.69, 9.17) is 4.74 Å². The van der Waals surface area contributed by atoms with Crippen LogP contribution in [0.5, 0.6) is 5.75 Å². The van der Waals surface area contributed by atoms with Crippen LogP contribution in [0.2, 0.25) is 0 Å². The van der Waals surface area contributed by atoms with Crippen molar-refractivity contribution in [2.24, 2.45) is 0 Å². The van der Waals surface area contributed by atoms with Crippen LogP contribution in [-0.4, -0.2) is 44.6 Å². The Bertz CT molecular complexity index is 438. The normalized spacial score (nSPS) is 13.8. The smallest absolute Gasteiger partial charge is 0.238 e. The summed E-state index contributed by atoms with van der Waals surface area (Å²) in [5.41, 5.74) is 1.89. The van der Waals surface area contributed by atoms with Crippen LogP contribution in [0.15, 0.2) is 18.2 Å². The van der Waals surface area contributed by atoms with Crippen LogP contribution in [0.4, 0.5) is 5.69 Å². The number of anilines is 1. The van der Waals surface area contributed by atoms with E-state index in [2.05, 4.69) is 10.6 Å². The van der Waals surface area contributed by atoms with E-state index in [1.807, 2.05) is 37.2 Å². The van der Waals surface area contributed by atoms with Gasteiger partial charge in [-0.15, -0.1) is 12.4 Å². The molecule has 0 spiro atoms. The molecule has 1 heterocycles. The zero-order valence-corrected chi connectivity index (χ0v) is 12.0. The summed E-state index contributed by atoms with van der Waals surface area (Å²) in [5.74, 6) is 0.882. The third kappa shape index (κ3) is 4.70. The number of carbonyl (C=O) groups is 1. The molecule has 0 saturated carbocycles. The Kier molecular flexibility index (Phi) is 6.08. The number of benzene rings is 1. The molecule has 6 heteroatoms. The highest BCUT2D eigenvalue weighted by molar-refractivity contribution is 5.92. The first kappa shape index (κ1) is 15.8. The van der Waals surface area contributed by atoms with Gasteiger partial charge in [-0.05, 0) is 32.3 Å². The molecule has 0 atom stereocenters. The second kappa shape index (κ2) is 7.33. The molecule has 2 rings (SSSR count). The van der Waals surface area contributed by atoms with Crippen molar-refractivity contribution in [1.82, 2.24) is 10.2 Å². The standard InChI is InChI=1S/C13H19N3O2.ClH/c1-16(2)9-13(17)15-11-3-4-12-10(7-11)8-14-5-6-18-12;/h3-4,7,14H,5-6,8-9H2,1-2H3,(H,15,17);1H. The second-order valence-corrected chi connectivity index (χ2v) is 4.63. The van der Waals surface area contributed by atoms with Crippen molar-refractivity contribution in [3.63, 3.8) is 0 Å². The van der Waals surface area contributed by atoms with E-state index in [1.54, 1.807) is 0 Å². The van der Waals surface area contributed by atoms with Gasteiger partial charge in [0.05, 0.1) is 6.54 Å². The number of nitrogens with zero attached hydrogens (tertiary/aromatic N) is 1. The summed E-state index contributed by atoms with van der Waals surface area (Å²) >= 11 is 0. The van der Waals surface area contributed by atoms with E-state index in [-0.39, 0.29) is 18.3 Å². The van der Waals surface area contributed by atoms with Crippen molar-refractivity contribution in [2.75, 3.05) is 39.1 Å². The van der Waals surface area contributed by atoms with Gasteiger partial charge in [-0.2, -0.15) is 0 Å². The molecule has 106 valence electrons. The van der Waals surface area contributed by atoms with Gasteiger partial charge in [-0.3, -0.25) is 4.79 Å². The largest absolute Gasteiger partial charge is 0.492 e. The van der Waals surface area contributed by atoms with Crippen LogP contribution >= 0.6 is 12.4 Å². The molecule has 2 N–H and O–H groups in total. The first-order valence-corrected chi connectivity index (χ1v) is 6.06. The van der Waals surface area contributed by atoms with E-state index >= 15 is 0 Å². The minimum absolute atomic E-state index is 0. The number of hydrogen-bond acceptors (Lipinski definition) is 4. The predicted octanol–water partition coefficient (Wildman–Crippen LogP) is 1.09. The fraction of sp³-hybridized carbons (Fsp3) is 0.462. The van der Waals surface area contributed by atoms with Gasteiger partial charge in [0.2, 0.25) is 5.91 Å². The van der Waals surface area contributed by atoms with Crippen LogP contribution in [0.1, 0.15) is 5.56 Å². The van der Waals surface area contributed by atoms with Crippen LogP contribution < -0.4 is 15.4 Å². The Hall–Kier alpha value is -1.30. The number of halogens is 1. The average molecular weight is 286 g/mol. The first-order valence-electron chi connectivity index (χ1n) is 6.06. The number of fused-ring (bicyclic) bond motifs is 1. The second-order valence-electron chi connectivity index (χ2n) is 4.63. The Morgan fingerprint density at radius 2 is 2.26 bits per heavy atom. The zero-order valence-electron chi connectivity index (χ0n) is 11.2. The van der Waals surface area contributed by atoms with Gasteiger partial charge >= 0.3 is 0 Å². The summed E-state index contributed by atoms with van der Waals surface area (Å²) in [6.45, 7) is 2.68. The monoisotopic (exact) mass is 285 g/mol. The first-order chi connectivity index (χ1) is 8.65. The molecule has 19 heavy (non-hydrogen) atoms. The summed E-state index contributed by atoms with van der Waals surface area (Å²) in [7, 11) is 3.74. The van der Waals surface area contributed by atoms with Gasteiger partial charge in [0, 0.05) is 24.3 Å². The van der Waals surface area contributed by atoms with E-state index < -0.39 is 0 Å². The van der Waals surface area contributed by atoms with E-state index in [1.165, 1.54) is 0 Å². The lowest BCUT2D eigenvalue weighted by Gasteiger charge is -2.12. The molecule has 0 aliphatic carbocycles. The molecule has 0 saturated heterocycles. The molecule has 5 nitrogen and oxygen atoms in total. The highest BCUT2D eigenvalue weighted by Crippen LogP contribution is 2.24. The minimum atomic E-state index is -0.0116. The molecule has 1 amide bonds. The number of amides is 1. The lowest BCUT2D eigenvalue weighted by molar-refractivity contribution is -0.116. The maximum Gasteiger partial charge on any atom is 0.238 e. The molecule has 1 aliphatic rings. The van der Waals surface area contributed by atoms with Crippen molar-refractivity contribution >= 4 is 24.0 Å². The Balaban J connectivity index is 0.00000180. The zero-order chi connectivity index (χ0) is 13.0. The van der Waals surface area contributed by atoms with Crippen molar-refractivity contribution in [2.45, 2.75) is 6.54 Å². The van der Waals surface area contributed by atoms with Gasteiger partial charge < -0.3 is 20.3 Å². The lowest BCUT2D eigenvalue weighted by Crippen LogP contribution is -2.27. The Morgan fingerprint density at radius 1 is 1.47 bits per heavy atom. The Labute approximate surface area is 119 Å². The fourth-order valence-electron chi connectivity index (χ4n) is 1.88. The van der Waals surface area contributed by atoms with Gasteiger partial charge in [-0.25, -0.2) is 0 Å². The molecular weight excluding hydrogens is 266 g/mol. The summed E-state index contributed by atoms with van der Waals surface area (Å²) in [5, 5.41) is 6.15. The minimum Gasteiger partial charge on any atom is -0.492 e. The van der Waals surface area contributed by atoms with Crippen LogP contribution in [0.3, 0.4) is 0 Å². The van der Waals surface area contributed by atoms with Gasteiger partial charge in [-0.1, -0.05) is 0 Å². The highest BCUT2D eigenvalue weighted by Gasteiger charge is 2.10. The third-order valence-corrected chi connectivity index (χ3v) is 2.66. The SMILES string of the molecule is CN(C)CC(=O)Nc1ccc2c(c1)CNCCO2.Cl. The number of ether oxygens (including phenoxy) is 1. The molecule has 1 aromatic carbocycles. The molecule has 0 aromatic heterocycles. The van der Waals surface area contributed by atoms with Crippen LogP contribution in [0.25, 0.3) is 0 Å². The quantitative estimate of drug-likeness (QED) is 0.873. The number of hydrogen-bond donors (Lipinski definition) is 2. The molecule has 0 radical (unpaired) electrons. The van der Waals surface area contributed by atoms with Crippen molar-refractivity contribution < 1.29 is 9.53 Å². The molecule has 0 bridgehead atoms. The number of likely N-dealkylation sites (N-methyl/N-ethyl adjacent to an activating group) is 1. The molecule has 0 unspecified atom stereocenters. The van der Waals surface area contributed by atoms with Crippen LogP contribution in [0, 0.1) is 0 Å². The van der Waals surface area contributed by atoms with Gasteiger partial charge in [0.1, 0.15) is 12.4 Å². The van der Waals surface area contributed by atoms with Crippen LogP contribution in [-0.2, 0) is 11.3 Å². The molecule has 1 aromatic rings.